The molecule has 2 saturated heterocycles. The van der Waals surface area contributed by atoms with Gasteiger partial charge in [-0.1, -0.05) is 12.8 Å². The van der Waals surface area contributed by atoms with E-state index in [0.29, 0.717) is 39.0 Å². The average Bonchev–Trinajstić information content (AvgIpc) is 2.91. The first-order valence-electron chi connectivity index (χ1n) is 8.05. The summed E-state index contributed by atoms with van der Waals surface area (Å²) < 4.78 is 45.8. The number of aliphatic hydroxyl groups is 1. The molecule has 1 saturated carbocycles. The van der Waals surface area contributed by atoms with Crippen molar-refractivity contribution in [2.75, 3.05) is 19.7 Å². The summed E-state index contributed by atoms with van der Waals surface area (Å²) in [6.45, 7) is 1.09. The van der Waals surface area contributed by atoms with E-state index in [1.54, 1.807) is 0 Å². The second-order valence-electron chi connectivity index (χ2n) is 6.83. The van der Waals surface area contributed by atoms with Crippen LogP contribution >= 0.6 is 0 Å². The minimum Gasteiger partial charge on any atom is -0.390 e. The fourth-order valence-electron chi connectivity index (χ4n) is 4.35. The van der Waals surface area contributed by atoms with E-state index in [2.05, 4.69) is 0 Å². The van der Waals surface area contributed by atoms with Gasteiger partial charge in [0.2, 0.25) is 0 Å². The van der Waals surface area contributed by atoms with E-state index in [9.17, 15) is 18.3 Å². The van der Waals surface area contributed by atoms with E-state index in [-0.39, 0.29) is 5.92 Å². The number of nitrogens with zero attached hydrogens (tertiary/aromatic N) is 1. The van der Waals surface area contributed by atoms with Gasteiger partial charge in [0, 0.05) is 25.6 Å². The highest BCUT2D eigenvalue weighted by atomic mass is 19.4. The van der Waals surface area contributed by atoms with Crippen LogP contribution in [0, 0.1) is 5.92 Å². The van der Waals surface area contributed by atoms with Crippen molar-refractivity contribution in [3.63, 3.8) is 0 Å². The highest BCUT2D eigenvalue weighted by Gasteiger charge is 2.53. The zero-order chi connectivity index (χ0) is 15.1. The number of halogens is 3. The van der Waals surface area contributed by atoms with Crippen LogP contribution in [-0.4, -0.2) is 53.6 Å². The summed E-state index contributed by atoms with van der Waals surface area (Å²) >= 11 is 0. The normalized spacial score (nSPS) is 40.0. The van der Waals surface area contributed by atoms with Gasteiger partial charge in [-0.2, -0.15) is 13.2 Å². The largest absolute Gasteiger partial charge is 0.406 e. The molecular weight excluding hydrogens is 283 g/mol. The van der Waals surface area contributed by atoms with Crippen LogP contribution in [0.2, 0.25) is 0 Å². The van der Waals surface area contributed by atoms with Gasteiger partial charge in [0.05, 0.1) is 11.7 Å². The van der Waals surface area contributed by atoms with Crippen LogP contribution in [0.4, 0.5) is 13.2 Å². The molecule has 0 bridgehead atoms. The third-order valence-electron chi connectivity index (χ3n) is 5.50. The standard InChI is InChI=1S/C15H24F3NO2/c16-15(17,18)13(12-5-3-9-21-12)19-8-7-14(20)6-2-1-4-11(14)10-19/h11-13,20H,1-10H2. The summed E-state index contributed by atoms with van der Waals surface area (Å²) in [7, 11) is 0. The monoisotopic (exact) mass is 307 g/mol. The molecule has 0 spiro atoms. The fraction of sp³-hybridized carbons (Fsp3) is 1.00. The lowest BCUT2D eigenvalue weighted by molar-refractivity contribution is -0.224. The summed E-state index contributed by atoms with van der Waals surface area (Å²) in [6, 6.07) is -1.51. The Morgan fingerprint density at radius 1 is 1.14 bits per heavy atom. The summed E-state index contributed by atoms with van der Waals surface area (Å²) in [5, 5.41) is 10.6. The molecule has 2 aliphatic heterocycles. The average molecular weight is 307 g/mol. The second kappa shape index (κ2) is 5.70. The van der Waals surface area contributed by atoms with Crippen molar-refractivity contribution >= 4 is 0 Å². The Kier molecular flexibility index (Phi) is 4.23. The maximum Gasteiger partial charge on any atom is 0.406 e. The minimum absolute atomic E-state index is 0.0220. The lowest BCUT2D eigenvalue weighted by atomic mass is 9.71. The molecule has 3 fully saturated rings. The Hall–Kier alpha value is -0.330. The molecule has 3 rings (SSSR count). The second-order valence-corrected chi connectivity index (χ2v) is 6.83. The quantitative estimate of drug-likeness (QED) is 0.851. The van der Waals surface area contributed by atoms with E-state index in [1.807, 2.05) is 0 Å². The van der Waals surface area contributed by atoms with Gasteiger partial charge in [0.25, 0.3) is 0 Å². The molecule has 21 heavy (non-hydrogen) atoms. The van der Waals surface area contributed by atoms with Gasteiger partial charge in [-0.05, 0) is 32.1 Å². The molecule has 0 radical (unpaired) electrons. The van der Waals surface area contributed by atoms with Crippen LogP contribution < -0.4 is 0 Å². The first-order valence-corrected chi connectivity index (χ1v) is 8.05. The van der Waals surface area contributed by atoms with E-state index >= 15 is 0 Å². The van der Waals surface area contributed by atoms with Crippen molar-refractivity contribution in [2.45, 2.75) is 68.9 Å². The van der Waals surface area contributed by atoms with Gasteiger partial charge in [-0.3, -0.25) is 4.90 Å². The third-order valence-corrected chi connectivity index (χ3v) is 5.50. The Labute approximate surface area is 123 Å². The SMILES string of the molecule is OC12CCCCC1CN(C(C1CCCO1)C(F)(F)F)CC2. The molecule has 0 aromatic heterocycles. The lowest BCUT2D eigenvalue weighted by Gasteiger charge is -2.50. The number of hydrogen-bond acceptors (Lipinski definition) is 3. The van der Waals surface area contributed by atoms with Crippen LogP contribution in [0.1, 0.15) is 44.9 Å². The maximum absolute atomic E-state index is 13.5. The number of likely N-dealkylation sites (tertiary alicyclic amines) is 1. The summed E-state index contributed by atoms with van der Waals surface area (Å²) in [5.41, 5.74) is -0.735. The molecule has 3 nitrogen and oxygen atoms in total. The lowest BCUT2D eigenvalue weighted by Crippen LogP contribution is -2.61. The predicted molar refractivity (Wildman–Crippen MR) is 71.9 cm³/mol. The molecule has 0 amide bonds. The molecule has 1 aliphatic carbocycles. The number of ether oxygens (including phenoxy) is 1. The molecule has 3 aliphatic rings. The van der Waals surface area contributed by atoms with Crippen molar-refractivity contribution in [2.24, 2.45) is 5.92 Å². The van der Waals surface area contributed by atoms with E-state index < -0.39 is 23.9 Å². The molecule has 0 aromatic rings. The van der Waals surface area contributed by atoms with Gasteiger partial charge >= 0.3 is 6.18 Å². The number of fused-ring (bicyclic) bond motifs is 1. The van der Waals surface area contributed by atoms with Gasteiger partial charge in [0.1, 0.15) is 6.04 Å². The predicted octanol–water partition coefficient (Wildman–Crippen LogP) is 2.72. The van der Waals surface area contributed by atoms with Crippen molar-refractivity contribution in [3.8, 4) is 0 Å². The van der Waals surface area contributed by atoms with Gasteiger partial charge in [-0.25, -0.2) is 0 Å². The van der Waals surface area contributed by atoms with Crippen molar-refractivity contribution in [1.29, 1.82) is 0 Å². The number of alkyl halides is 3. The minimum atomic E-state index is -4.26. The maximum atomic E-state index is 13.5. The van der Waals surface area contributed by atoms with E-state index in [4.69, 9.17) is 4.74 Å². The van der Waals surface area contributed by atoms with Crippen LogP contribution in [0.5, 0.6) is 0 Å². The zero-order valence-corrected chi connectivity index (χ0v) is 12.2. The van der Waals surface area contributed by atoms with Crippen molar-refractivity contribution in [1.82, 2.24) is 4.90 Å². The molecular formula is C15H24F3NO2. The highest BCUT2D eigenvalue weighted by molar-refractivity contribution is 4.99. The molecule has 4 unspecified atom stereocenters. The molecule has 6 heteroatoms. The van der Waals surface area contributed by atoms with Gasteiger partial charge in [-0.15, -0.1) is 0 Å². The van der Waals surface area contributed by atoms with Crippen LogP contribution in [0.25, 0.3) is 0 Å². The first kappa shape index (κ1) is 15.6. The number of piperidine rings is 1. The summed E-state index contributed by atoms with van der Waals surface area (Å²) in [4.78, 5) is 1.53. The fourth-order valence-corrected chi connectivity index (χ4v) is 4.35. The van der Waals surface area contributed by atoms with Crippen molar-refractivity contribution in [3.05, 3.63) is 0 Å². The molecule has 1 N–H and O–H groups in total. The Bertz CT molecular complexity index is 370. The van der Waals surface area contributed by atoms with Gasteiger partial charge in [0.15, 0.2) is 0 Å². The Balaban J connectivity index is 1.74. The van der Waals surface area contributed by atoms with Crippen molar-refractivity contribution < 1.29 is 23.0 Å². The molecule has 122 valence electrons. The molecule has 2 heterocycles. The first-order chi connectivity index (χ1) is 9.90. The third kappa shape index (κ3) is 3.08. The van der Waals surface area contributed by atoms with Crippen LogP contribution in [0.3, 0.4) is 0 Å². The topological polar surface area (TPSA) is 32.7 Å². The van der Waals surface area contributed by atoms with Crippen LogP contribution in [0.15, 0.2) is 0 Å². The van der Waals surface area contributed by atoms with E-state index in [1.165, 1.54) is 4.90 Å². The summed E-state index contributed by atoms with van der Waals surface area (Å²) in [5.74, 6) is -0.0220. The molecule has 0 aromatic carbocycles. The summed E-state index contributed by atoms with van der Waals surface area (Å²) in [6.07, 6.45) is 0.216. The number of hydrogen-bond donors (Lipinski definition) is 1. The number of rotatable bonds is 2. The zero-order valence-electron chi connectivity index (χ0n) is 12.2. The highest BCUT2D eigenvalue weighted by Crippen LogP contribution is 2.43. The smallest absolute Gasteiger partial charge is 0.390 e. The van der Waals surface area contributed by atoms with E-state index in [0.717, 1.165) is 25.7 Å². The Morgan fingerprint density at radius 3 is 2.62 bits per heavy atom. The molecule has 4 atom stereocenters. The van der Waals surface area contributed by atoms with Crippen LogP contribution in [-0.2, 0) is 4.74 Å². The van der Waals surface area contributed by atoms with Gasteiger partial charge < -0.3 is 9.84 Å². The Morgan fingerprint density at radius 2 is 1.95 bits per heavy atom.